The molecule has 0 aliphatic rings. The summed E-state index contributed by atoms with van der Waals surface area (Å²) < 4.78 is 5.49. The molecule has 0 saturated heterocycles. The Balaban J connectivity index is 2.41. The summed E-state index contributed by atoms with van der Waals surface area (Å²) in [6, 6.07) is 6.17. The number of nitrogens with two attached hydrogens (primary N) is 1. The Labute approximate surface area is 114 Å². The minimum Gasteiger partial charge on any atom is -0.432 e. The molecule has 2 rings (SSSR count). The zero-order valence-electron chi connectivity index (χ0n) is 11.0. The molecule has 2 aromatic rings. The largest absolute Gasteiger partial charge is 0.432 e. The predicted molar refractivity (Wildman–Crippen MR) is 72.5 cm³/mol. The first-order valence-corrected chi connectivity index (χ1v) is 5.75. The van der Waals surface area contributed by atoms with Crippen LogP contribution in [-0.4, -0.2) is 14.9 Å². The molecule has 0 aliphatic carbocycles. The first kappa shape index (κ1) is 13.7. The Bertz CT molecular complexity index is 660. The van der Waals surface area contributed by atoms with Gasteiger partial charge < -0.3 is 4.74 Å². The van der Waals surface area contributed by atoms with E-state index in [0.29, 0.717) is 5.69 Å². The SMILES string of the molecule is Cc1ccc([N+](=O)[O-])c(Oc2cc(C)nc(NN)n2)c1. The van der Waals surface area contributed by atoms with Gasteiger partial charge in [-0.3, -0.25) is 15.5 Å². The number of nitrogens with zero attached hydrogens (tertiary/aromatic N) is 3. The van der Waals surface area contributed by atoms with Crippen LogP contribution in [0.25, 0.3) is 0 Å². The fourth-order valence-electron chi connectivity index (χ4n) is 1.62. The van der Waals surface area contributed by atoms with Crippen molar-refractivity contribution in [2.45, 2.75) is 13.8 Å². The monoisotopic (exact) mass is 275 g/mol. The number of aryl methyl sites for hydroxylation is 2. The highest BCUT2D eigenvalue weighted by atomic mass is 16.6. The number of hydrazine groups is 1. The number of benzene rings is 1. The molecule has 3 N–H and O–H groups in total. The molecule has 8 heteroatoms. The van der Waals surface area contributed by atoms with Gasteiger partial charge in [-0.05, 0) is 25.5 Å². The Morgan fingerprint density at radius 3 is 2.70 bits per heavy atom. The van der Waals surface area contributed by atoms with Gasteiger partial charge in [-0.15, -0.1) is 0 Å². The van der Waals surface area contributed by atoms with Crippen LogP contribution >= 0.6 is 0 Å². The highest BCUT2D eigenvalue weighted by Gasteiger charge is 2.16. The van der Waals surface area contributed by atoms with Crippen molar-refractivity contribution in [3.8, 4) is 11.6 Å². The van der Waals surface area contributed by atoms with Crippen LogP contribution in [0.3, 0.4) is 0 Å². The minimum atomic E-state index is -0.509. The van der Waals surface area contributed by atoms with Crippen molar-refractivity contribution >= 4 is 11.6 Å². The summed E-state index contributed by atoms with van der Waals surface area (Å²) in [4.78, 5) is 18.5. The van der Waals surface area contributed by atoms with Gasteiger partial charge in [0.25, 0.3) is 0 Å². The summed E-state index contributed by atoms with van der Waals surface area (Å²) in [6.07, 6.45) is 0. The van der Waals surface area contributed by atoms with E-state index in [9.17, 15) is 10.1 Å². The molecule has 0 spiro atoms. The zero-order valence-corrected chi connectivity index (χ0v) is 11.0. The van der Waals surface area contributed by atoms with Gasteiger partial charge in [-0.2, -0.15) is 4.98 Å². The number of nitro benzene ring substituents is 1. The molecule has 1 aromatic heterocycles. The molecule has 1 aromatic carbocycles. The van der Waals surface area contributed by atoms with Gasteiger partial charge in [0.15, 0.2) is 0 Å². The second-order valence-corrected chi connectivity index (χ2v) is 4.15. The summed E-state index contributed by atoms with van der Waals surface area (Å²) in [5.41, 5.74) is 3.64. The normalized spacial score (nSPS) is 10.2. The van der Waals surface area contributed by atoms with E-state index in [4.69, 9.17) is 10.6 Å². The van der Waals surface area contributed by atoms with Gasteiger partial charge in [0.05, 0.1) is 4.92 Å². The van der Waals surface area contributed by atoms with Crippen LogP contribution in [0.15, 0.2) is 24.3 Å². The third kappa shape index (κ3) is 2.98. The Morgan fingerprint density at radius 2 is 2.05 bits per heavy atom. The Hall–Kier alpha value is -2.74. The second-order valence-electron chi connectivity index (χ2n) is 4.15. The molecular weight excluding hydrogens is 262 g/mol. The van der Waals surface area contributed by atoms with Crippen LogP contribution in [0.5, 0.6) is 11.6 Å². The molecule has 1 heterocycles. The maximum Gasteiger partial charge on any atom is 0.311 e. The molecule has 104 valence electrons. The summed E-state index contributed by atoms with van der Waals surface area (Å²) in [5, 5.41) is 11.0. The van der Waals surface area contributed by atoms with Crippen LogP contribution in [0.4, 0.5) is 11.6 Å². The maximum atomic E-state index is 11.0. The van der Waals surface area contributed by atoms with E-state index in [1.165, 1.54) is 6.07 Å². The molecule has 0 amide bonds. The number of nitrogen functional groups attached to an aromatic ring is 1. The van der Waals surface area contributed by atoms with Crippen LogP contribution in [0.2, 0.25) is 0 Å². The minimum absolute atomic E-state index is 0.121. The number of hydrogen-bond donors (Lipinski definition) is 2. The van der Waals surface area contributed by atoms with Gasteiger partial charge in [0.1, 0.15) is 0 Å². The van der Waals surface area contributed by atoms with E-state index in [0.717, 1.165) is 5.56 Å². The second kappa shape index (κ2) is 5.49. The van der Waals surface area contributed by atoms with Gasteiger partial charge in [-0.1, -0.05) is 6.07 Å². The van der Waals surface area contributed by atoms with Crippen LogP contribution < -0.4 is 16.0 Å². The van der Waals surface area contributed by atoms with E-state index in [1.54, 1.807) is 25.1 Å². The summed E-state index contributed by atoms with van der Waals surface area (Å²) in [5.74, 6) is 5.72. The lowest BCUT2D eigenvalue weighted by Crippen LogP contribution is -2.11. The molecule has 0 aliphatic heterocycles. The average Bonchev–Trinajstić information content (AvgIpc) is 2.37. The molecule has 8 nitrogen and oxygen atoms in total. The molecule has 0 bridgehead atoms. The van der Waals surface area contributed by atoms with Crippen molar-refractivity contribution in [3.05, 3.63) is 45.6 Å². The molecule has 0 fully saturated rings. The smallest absolute Gasteiger partial charge is 0.311 e. The fraction of sp³-hybridized carbons (Fsp3) is 0.167. The van der Waals surface area contributed by atoms with Crippen molar-refractivity contribution < 1.29 is 9.66 Å². The first-order valence-electron chi connectivity index (χ1n) is 5.75. The molecular formula is C12H13N5O3. The Kier molecular flexibility index (Phi) is 3.76. The van der Waals surface area contributed by atoms with Gasteiger partial charge >= 0.3 is 5.69 Å². The highest BCUT2D eigenvalue weighted by Crippen LogP contribution is 2.31. The van der Waals surface area contributed by atoms with E-state index in [1.807, 2.05) is 6.92 Å². The van der Waals surface area contributed by atoms with Crippen molar-refractivity contribution in [3.63, 3.8) is 0 Å². The third-order valence-electron chi connectivity index (χ3n) is 2.49. The standard InChI is InChI=1S/C12H13N5O3/c1-7-3-4-9(17(18)19)10(5-7)20-11-6-8(2)14-12(15-11)16-13/h3-6H,13H2,1-2H3,(H,14,15,16). The molecule has 0 saturated carbocycles. The van der Waals surface area contributed by atoms with Gasteiger partial charge in [0, 0.05) is 17.8 Å². The van der Waals surface area contributed by atoms with Crippen LogP contribution in [0, 0.1) is 24.0 Å². The Morgan fingerprint density at radius 1 is 1.30 bits per heavy atom. The average molecular weight is 275 g/mol. The topological polar surface area (TPSA) is 116 Å². The lowest BCUT2D eigenvalue weighted by molar-refractivity contribution is -0.385. The van der Waals surface area contributed by atoms with Gasteiger partial charge in [0.2, 0.25) is 17.6 Å². The van der Waals surface area contributed by atoms with Gasteiger partial charge in [-0.25, -0.2) is 10.8 Å². The summed E-state index contributed by atoms with van der Waals surface area (Å²) in [7, 11) is 0. The number of nitro groups is 1. The number of ether oxygens (including phenoxy) is 1. The molecule has 0 atom stereocenters. The van der Waals surface area contributed by atoms with Crippen molar-refractivity contribution in [2.24, 2.45) is 5.84 Å². The van der Waals surface area contributed by atoms with Crippen molar-refractivity contribution in [1.29, 1.82) is 0 Å². The number of aromatic nitrogens is 2. The summed E-state index contributed by atoms with van der Waals surface area (Å²) in [6.45, 7) is 3.55. The van der Waals surface area contributed by atoms with E-state index in [-0.39, 0.29) is 23.3 Å². The first-order chi connectivity index (χ1) is 9.49. The third-order valence-corrected chi connectivity index (χ3v) is 2.49. The van der Waals surface area contributed by atoms with Crippen molar-refractivity contribution in [1.82, 2.24) is 9.97 Å². The molecule has 0 radical (unpaired) electrons. The highest BCUT2D eigenvalue weighted by molar-refractivity contribution is 5.50. The van der Waals surface area contributed by atoms with E-state index < -0.39 is 4.92 Å². The lowest BCUT2D eigenvalue weighted by Gasteiger charge is -2.08. The zero-order chi connectivity index (χ0) is 14.7. The van der Waals surface area contributed by atoms with Crippen molar-refractivity contribution in [2.75, 3.05) is 5.43 Å². The van der Waals surface area contributed by atoms with E-state index >= 15 is 0 Å². The molecule has 0 unspecified atom stereocenters. The summed E-state index contributed by atoms with van der Waals surface area (Å²) >= 11 is 0. The van der Waals surface area contributed by atoms with Crippen LogP contribution in [0.1, 0.15) is 11.3 Å². The number of anilines is 1. The maximum absolute atomic E-state index is 11.0. The fourth-order valence-corrected chi connectivity index (χ4v) is 1.62. The van der Waals surface area contributed by atoms with Crippen LogP contribution in [-0.2, 0) is 0 Å². The molecule has 20 heavy (non-hydrogen) atoms. The quantitative estimate of drug-likeness (QED) is 0.498. The number of hydrogen-bond acceptors (Lipinski definition) is 7. The van der Waals surface area contributed by atoms with E-state index in [2.05, 4.69) is 15.4 Å². The predicted octanol–water partition coefficient (Wildman–Crippen LogP) is 2.08. The number of rotatable bonds is 4. The number of nitrogens with one attached hydrogen (secondary N) is 1. The lowest BCUT2D eigenvalue weighted by atomic mass is 10.2.